The molecule has 0 unspecified atom stereocenters. The third-order valence-corrected chi connectivity index (χ3v) is 4.71. The van der Waals surface area contributed by atoms with Gasteiger partial charge in [0.15, 0.2) is 0 Å². The van der Waals surface area contributed by atoms with Crippen LogP contribution in [0.4, 0.5) is 5.69 Å². The zero-order chi connectivity index (χ0) is 21.0. The van der Waals surface area contributed by atoms with E-state index in [9.17, 15) is 9.59 Å². The van der Waals surface area contributed by atoms with E-state index in [1.165, 1.54) is 12.0 Å². The van der Waals surface area contributed by atoms with Crippen molar-refractivity contribution in [1.29, 1.82) is 0 Å². The van der Waals surface area contributed by atoms with Crippen molar-refractivity contribution in [3.05, 3.63) is 64.9 Å². The molecule has 0 aromatic heterocycles. The quantitative estimate of drug-likeness (QED) is 0.700. The van der Waals surface area contributed by atoms with Crippen LogP contribution >= 0.6 is 0 Å². The number of nitrogens with zero attached hydrogens (tertiary/aromatic N) is 1. The summed E-state index contributed by atoms with van der Waals surface area (Å²) in [5.41, 5.74) is 2.95. The van der Waals surface area contributed by atoms with E-state index in [-0.39, 0.29) is 36.9 Å². The molecule has 2 aromatic rings. The fourth-order valence-electron chi connectivity index (χ4n) is 3.12. The van der Waals surface area contributed by atoms with Crippen LogP contribution in [-0.2, 0) is 14.3 Å². The smallest absolute Gasteiger partial charge is 0.337 e. The molecule has 2 aromatic carbocycles. The highest BCUT2D eigenvalue weighted by atomic mass is 16.5. The second-order valence-electron chi connectivity index (χ2n) is 6.77. The van der Waals surface area contributed by atoms with Crippen molar-refractivity contribution in [2.75, 3.05) is 32.1 Å². The minimum Gasteiger partial charge on any atom is -0.466 e. The van der Waals surface area contributed by atoms with Gasteiger partial charge in [0.2, 0.25) is 0 Å². The number of rotatable bonds is 7. The molecule has 29 heavy (non-hydrogen) atoms. The molecule has 0 atom stereocenters. The molecule has 152 valence electrons. The Morgan fingerprint density at radius 1 is 1.14 bits per heavy atom. The summed E-state index contributed by atoms with van der Waals surface area (Å²) in [6.45, 7) is 3.94. The highest BCUT2D eigenvalue weighted by Crippen LogP contribution is 2.30. The first-order valence-corrected chi connectivity index (χ1v) is 9.27. The van der Waals surface area contributed by atoms with Gasteiger partial charge < -0.3 is 24.8 Å². The molecule has 0 saturated carbocycles. The summed E-state index contributed by atoms with van der Waals surface area (Å²) in [7, 11) is 1.27. The van der Waals surface area contributed by atoms with Crippen molar-refractivity contribution in [3.63, 3.8) is 0 Å². The van der Waals surface area contributed by atoms with Gasteiger partial charge in [0, 0.05) is 12.2 Å². The van der Waals surface area contributed by atoms with Crippen molar-refractivity contribution >= 4 is 17.6 Å². The summed E-state index contributed by atoms with van der Waals surface area (Å²) in [5, 5.41) is 12.2. The number of hydrogen-bond donors (Lipinski definition) is 2. The minimum atomic E-state index is -0.572. The molecule has 1 amide bonds. The first kappa shape index (κ1) is 20.4. The highest BCUT2D eigenvalue weighted by molar-refractivity contribution is 6.08. The third-order valence-electron chi connectivity index (χ3n) is 4.71. The Labute approximate surface area is 169 Å². The Morgan fingerprint density at radius 3 is 2.52 bits per heavy atom. The fraction of sp³-hybridized carbons (Fsp3) is 0.273. The first-order valence-electron chi connectivity index (χ1n) is 9.27. The van der Waals surface area contributed by atoms with E-state index in [2.05, 4.69) is 5.32 Å². The summed E-state index contributed by atoms with van der Waals surface area (Å²) in [6, 6.07) is 13.2. The largest absolute Gasteiger partial charge is 0.466 e. The number of aryl methyl sites for hydroxylation is 2. The SMILES string of the molecule is COC(=O)C1=C(Nc2ccc(Oc3ccccc3C)c(C)c2)C(=O)N(CCO)C1. The van der Waals surface area contributed by atoms with Crippen LogP contribution < -0.4 is 10.1 Å². The van der Waals surface area contributed by atoms with Gasteiger partial charge in [-0.25, -0.2) is 4.79 Å². The predicted molar refractivity (Wildman–Crippen MR) is 109 cm³/mol. The molecule has 1 aliphatic heterocycles. The van der Waals surface area contributed by atoms with Gasteiger partial charge in [-0.3, -0.25) is 4.79 Å². The number of benzene rings is 2. The molecule has 0 radical (unpaired) electrons. The van der Waals surface area contributed by atoms with Gasteiger partial charge in [0.05, 0.1) is 25.8 Å². The van der Waals surface area contributed by atoms with Crippen molar-refractivity contribution < 1.29 is 24.2 Å². The Balaban J connectivity index is 1.83. The number of nitrogens with one attached hydrogen (secondary N) is 1. The van der Waals surface area contributed by atoms with Gasteiger partial charge in [0.1, 0.15) is 17.2 Å². The molecule has 7 nitrogen and oxygen atoms in total. The first-order chi connectivity index (χ1) is 13.9. The van der Waals surface area contributed by atoms with Crippen LogP contribution in [-0.4, -0.2) is 48.7 Å². The van der Waals surface area contributed by atoms with Crippen LogP contribution in [0.2, 0.25) is 0 Å². The summed E-state index contributed by atoms with van der Waals surface area (Å²) in [5.74, 6) is 0.555. The molecule has 7 heteroatoms. The van der Waals surface area contributed by atoms with E-state index in [4.69, 9.17) is 14.6 Å². The Bertz CT molecular complexity index is 967. The van der Waals surface area contributed by atoms with Crippen LogP contribution in [0.25, 0.3) is 0 Å². The number of aliphatic hydroxyl groups is 1. The summed E-state index contributed by atoms with van der Waals surface area (Å²) >= 11 is 0. The van der Waals surface area contributed by atoms with E-state index in [1.54, 1.807) is 6.07 Å². The van der Waals surface area contributed by atoms with Gasteiger partial charge in [0.25, 0.3) is 5.91 Å². The summed E-state index contributed by atoms with van der Waals surface area (Å²) < 4.78 is 10.8. The molecule has 2 N–H and O–H groups in total. The molecular weight excluding hydrogens is 372 g/mol. The van der Waals surface area contributed by atoms with Gasteiger partial charge in [-0.2, -0.15) is 0 Å². The Morgan fingerprint density at radius 2 is 1.86 bits per heavy atom. The maximum Gasteiger partial charge on any atom is 0.337 e. The molecule has 0 fully saturated rings. The maximum atomic E-state index is 12.6. The number of esters is 1. The molecule has 1 heterocycles. The number of aliphatic hydroxyl groups excluding tert-OH is 1. The average molecular weight is 396 g/mol. The van der Waals surface area contributed by atoms with Gasteiger partial charge in [-0.05, 0) is 49.2 Å². The van der Waals surface area contributed by atoms with Gasteiger partial charge in [-0.1, -0.05) is 18.2 Å². The van der Waals surface area contributed by atoms with Gasteiger partial charge in [-0.15, -0.1) is 0 Å². The average Bonchev–Trinajstić information content (AvgIpc) is 3.01. The van der Waals surface area contributed by atoms with E-state index in [0.717, 1.165) is 16.9 Å². The van der Waals surface area contributed by atoms with E-state index >= 15 is 0 Å². The van der Waals surface area contributed by atoms with E-state index in [1.807, 2.05) is 50.2 Å². The number of para-hydroxylation sites is 1. The molecule has 3 rings (SSSR count). The lowest BCUT2D eigenvalue weighted by Crippen LogP contribution is -2.31. The lowest BCUT2D eigenvalue weighted by atomic mass is 10.1. The van der Waals surface area contributed by atoms with Crippen molar-refractivity contribution in [3.8, 4) is 11.5 Å². The molecule has 0 saturated heterocycles. The minimum absolute atomic E-state index is 0.0991. The van der Waals surface area contributed by atoms with Crippen LogP contribution in [0, 0.1) is 13.8 Å². The number of carbonyl (C=O) groups excluding carboxylic acids is 2. The lowest BCUT2D eigenvalue weighted by molar-refractivity contribution is -0.136. The summed E-state index contributed by atoms with van der Waals surface area (Å²) in [4.78, 5) is 26.1. The topological polar surface area (TPSA) is 88.1 Å². The fourth-order valence-corrected chi connectivity index (χ4v) is 3.12. The van der Waals surface area contributed by atoms with E-state index < -0.39 is 5.97 Å². The van der Waals surface area contributed by atoms with Crippen LogP contribution in [0.1, 0.15) is 11.1 Å². The zero-order valence-electron chi connectivity index (χ0n) is 16.7. The number of ether oxygens (including phenoxy) is 2. The van der Waals surface area contributed by atoms with Crippen LogP contribution in [0.15, 0.2) is 53.7 Å². The number of β-amino-alcohol motifs (C(OH)–C–C–N with tert-alkyl or cyclic N) is 1. The number of anilines is 1. The van der Waals surface area contributed by atoms with E-state index in [0.29, 0.717) is 11.4 Å². The second kappa shape index (κ2) is 8.79. The monoisotopic (exact) mass is 396 g/mol. The standard InChI is InChI=1S/C22H24N2O5/c1-14-6-4-5-7-18(14)29-19-9-8-16(12-15(19)2)23-20-17(22(27)28-3)13-24(10-11-25)21(20)26/h4-9,12,23,25H,10-11,13H2,1-3H3. The normalized spacial score (nSPS) is 13.7. The zero-order valence-corrected chi connectivity index (χ0v) is 16.7. The Hall–Kier alpha value is -3.32. The van der Waals surface area contributed by atoms with Crippen molar-refractivity contribution in [2.24, 2.45) is 0 Å². The second-order valence-corrected chi connectivity index (χ2v) is 6.77. The van der Waals surface area contributed by atoms with Crippen LogP contribution in [0.5, 0.6) is 11.5 Å². The maximum absolute atomic E-state index is 12.6. The molecule has 0 aliphatic carbocycles. The highest BCUT2D eigenvalue weighted by Gasteiger charge is 2.34. The van der Waals surface area contributed by atoms with Gasteiger partial charge >= 0.3 is 5.97 Å². The number of hydrogen-bond acceptors (Lipinski definition) is 6. The molecule has 1 aliphatic rings. The van der Waals surface area contributed by atoms with Crippen LogP contribution in [0.3, 0.4) is 0 Å². The number of amides is 1. The molecule has 0 bridgehead atoms. The summed E-state index contributed by atoms with van der Waals surface area (Å²) in [6.07, 6.45) is 0. The molecular formula is C22H24N2O5. The third kappa shape index (κ3) is 4.41. The molecule has 0 spiro atoms. The number of methoxy groups -OCH3 is 1. The Kier molecular flexibility index (Phi) is 6.19. The van der Waals surface area contributed by atoms with Crippen molar-refractivity contribution in [2.45, 2.75) is 13.8 Å². The number of carbonyl (C=O) groups is 2. The van der Waals surface area contributed by atoms with Crippen molar-refractivity contribution in [1.82, 2.24) is 4.90 Å². The lowest BCUT2D eigenvalue weighted by Gasteiger charge is -2.16. The predicted octanol–water partition coefficient (Wildman–Crippen LogP) is 2.77.